The number of allylic oxidation sites excluding steroid dienone is 2. The van der Waals surface area contributed by atoms with Gasteiger partial charge in [-0.3, -0.25) is 4.79 Å². The number of ether oxygens (including phenoxy) is 1. The Hall–Kier alpha value is -1.50. The highest BCUT2D eigenvalue weighted by Crippen LogP contribution is 2.48. The summed E-state index contributed by atoms with van der Waals surface area (Å²) in [5, 5.41) is 6.57. The average molecular weight is 459 g/mol. The molecule has 146 valence electrons. The third kappa shape index (κ3) is 2.80. The van der Waals surface area contributed by atoms with Gasteiger partial charge in [-0.25, -0.2) is 0 Å². The Morgan fingerprint density at radius 2 is 2.14 bits per heavy atom. The van der Waals surface area contributed by atoms with Gasteiger partial charge in [0, 0.05) is 22.7 Å². The third-order valence-electron chi connectivity index (χ3n) is 6.63. The van der Waals surface area contributed by atoms with Crippen LogP contribution in [0.25, 0.3) is 0 Å². The van der Waals surface area contributed by atoms with Crippen LogP contribution in [0.3, 0.4) is 0 Å². The van der Waals surface area contributed by atoms with Crippen molar-refractivity contribution in [2.24, 2.45) is 5.92 Å². The minimum absolute atomic E-state index is 0.0320. The molecular weight excluding hydrogens is 436 g/mol. The number of amides is 1. The van der Waals surface area contributed by atoms with Crippen molar-refractivity contribution in [2.45, 2.75) is 56.3 Å². The van der Waals surface area contributed by atoms with E-state index in [4.69, 9.17) is 17.0 Å². The van der Waals surface area contributed by atoms with Crippen molar-refractivity contribution in [1.29, 1.82) is 0 Å². The molecule has 1 spiro atoms. The molecule has 1 aromatic rings. The molecule has 1 aromatic carbocycles. The van der Waals surface area contributed by atoms with Crippen LogP contribution in [-0.4, -0.2) is 28.8 Å². The van der Waals surface area contributed by atoms with Gasteiger partial charge in [-0.15, -0.1) is 0 Å². The van der Waals surface area contributed by atoms with Gasteiger partial charge in [0.15, 0.2) is 5.11 Å². The van der Waals surface area contributed by atoms with E-state index in [0.717, 1.165) is 29.3 Å². The van der Waals surface area contributed by atoms with Crippen molar-refractivity contribution in [1.82, 2.24) is 10.6 Å². The Morgan fingerprint density at radius 1 is 1.32 bits per heavy atom. The lowest BCUT2D eigenvalue weighted by atomic mass is 9.69. The molecule has 2 saturated heterocycles. The number of hydrogen-bond acceptors (Lipinski definition) is 3. The zero-order chi connectivity index (χ0) is 19.5. The highest BCUT2D eigenvalue weighted by Gasteiger charge is 2.57. The van der Waals surface area contributed by atoms with Crippen LogP contribution in [-0.2, 0) is 16.0 Å². The first-order valence-corrected chi connectivity index (χ1v) is 11.1. The van der Waals surface area contributed by atoms with Crippen LogP contribution in [0.4, 0.5) is 0 Å². The van der Waals surface area contributed by atoms with Crippen molar-refractivity contribution < 1.29 is 9.53 Å². The Bertz CT molecular complexity index is 927. The number of carbonyl (C=O) groups excluding carboxylic acids is 1. The molecule has 0 radical (unpaired) electrons. The van der Waals surface area contributed by atoms with E-state index in [1.54, 1.807) is 0 Å². The van der Waals surface area contributed by atoms with Crippen molar-refractivity contribution in [3.63, 3.8) is 0 Å². The number of halogens is 1. The molecule has 5 atom stereocenters. The van der Waals surface area contributed by atoms with Crippen LogP contribution in [0.2, 0.25) is 0 Å². The molecule has 4 nitrogen and oxygen atoms in total. The Labute approximate surface area is 178 Å². The second-order valence-corrected chi connectivity index (χ2v) is 9.64. The van der Waals surface area contributed by atoms with Crippen LogP contribution in [0, 0.1) is 5.92 Å². The van der Waals surface area contributed by atoms with Gasteiger partial charge < -0.3 is 15.4 Å². The molecule has 4 aliphatic rings. The minimum atomic E-state index is -0.821. The Kier molecular flexibility index (Phi) is 4.49. The summed E-state index contributed by atoms with van der Waals surface area (Å²) in [6.07, 6.45) is 7.98. The highest BCUT2D eigenvalue weighted by atomic mass is 79.9. The summed E-state index contributed by atoms with van der Waals surface area (Å²) >= 11 is 8.93. The molecule has 2 aliphatic carbocycles. The van der Waals surface area contributed by atoms with Crippen molar-refractivity contribution in [3.05, 3.63) is 57.6 Å². The smallest absolute Gasteiger partial charge is 0.256 e. The van der Waals surface area contributed by atoms with E-state index in [0.29, 0.717) is 17.5 Å². The normalized spacial score (nSPS) is 36.8. The minimum Gasteiger partial charge on any atom is -0.369 e. The molecule has 5 unspecified atom stereocenters. The van der Waals surface area contributed by atoms with Gasteiger partial charge in [0.1, 0.15) is 5.54 Å². The highest BCUT2D eigenvalue weighted by molar-refractivity contribution is 9.11. The van der Waals surface area contributed by atoms with E-state index in [2.05, 4.69) is 63.8 Å². The zero-order valence-corrected chi connectivity index (χ0v) is 18.1. The van der Waals surface area contributed by atoms with Crippen LogP contribution in [0.1, 0.15) is 43.2 Å². The van der Waals surface area contributed by atoms with Crippen molar-refractivity contribution >= 4 is 39.2 Å². The number of carbonyl (C=O) groups is 1. The van der Waals surface area contributed by atoms with E-state index in [1.807, 2.05) is 6.08 Å². The fourth-order valence-corrected chi connectivity index (χ4v) is 6.30. The molecule has 0 aromatic heterocycles. The van der Waals surface area contributed by atoms with E-state index in [9.17, 15) is 4.79 Å². The van der Waals surface area contributed by atoms with Crippen LogP contribution in [0.15, 0.2) is 46.5 Å². The summed E-state index contributed by atoms with van der Waals surface area (Å²) in [6, 6.07) is 8.68. The Balaban J connectivity index is 1.58. The van der Waals surface area contributed by atoms with Gasteiger partial charge in [0.2, 0.25) is 0 Å². The lowest BCUT2D eigenvalue weighted by Crippen LogP contribution is -2.60. The predicted octanol–water partition coefficient (Wildman–Crippen LogP) is 3.86. The standard InChI is InChI=1S/C22H23BrN2O2S/c1-12-9-14(23)10-17-19(12)27-18(11-22(17)20(26)24-21(28)25-22)16-8-4-6-13-5-2-3-7-15(13)16/h2-3,5,7,9-10,12,16,18-19H,4,6,8,11H2,1H3,(H2,24,25,26,28). The summed E-state index contributed by atoms with van der Waals surface area (Å²) < 4.78 is 7.71. The topological polar surface area (TPSA) is 50.4 Å². The lowest BCUT2D eigenvalue weighted by Gasteiger charge is -2.48. The van der Waals surface area contributed by atoms with Crippen LogP contribution >= 0.6 is 28.1 Å². The molecule has 28 heavy (non-hydrogen) atoms. The fraction of sp³-hybridized carbons (Fsp3) is 0.455. The summed E-state index contributed by atoms with van der Waals surface area (Å²) in [4.78, 5) is 13.1. The maximum atomic E-state index is 13.1. The molecule has 2 N–H and O–H groups in total. The molecule has 1 amide bonds. The molecule has 5 rings (SSSR count). The zero-order valence-electron chi connectivity index (χ0n) is 15.7. The largest absolute Gasteiger partial charge is 0.369 e. The second kappa shape index (κ2) is 6.78. The first-order chi connectivity index (χ1) is 13.5. The maximum absolute atomic E-state index is 13.1. The van der Waals surface area contributed by atoms with E-state index in [1.165, 1.54) is 11.1 Å². The average Bonchev–Trinajstić information content (AvgIpc) is 2.95. The maximum Gasteiger partial charge on any atom is 0.256 e. The summed E-state index contributed by atoms with van der Waals surface area (Å²) in [5.74, 6) is 0.422. The van der Waals surface area contributed by atoms with Gasteiger partial charge in [-0.1, -0.05) is 53.2 Å². The van der Waals surface area contributed by atoms with Gasteiger partial charge in [0.25, 0.3) is 5.91 Å². The van der Waals surface area contributed by atoms with E-state index in [-0.39, 0.29) is 24.0 Å². The molecule has 0 saturated carbocycles. The lowest BCUT2D eigenvalue weighted by molar-refractivity contribution is -0.131. The SMILES string of the molecule is CC1C=C(Br)C=C2C1OC(C1CCCc3ccccc31)CC21NC(=S)NC1=O. The monoisotopic (exact) mass is 458 g/mol. The number of nitrogens with one attached hydrogen (secondary N) is 2. The second-order valence-electron chi connectivity index (χ2n) is 8.32. The molecular formula is C22H23BrN2O2S. The third-order valence-corrected chi connectivity index (χ3v) is 7.32. The van der Waals surface area contributed by atoms with Crippen molar-refractivity contribution in [2.75, 3.05) is 0 Å². The number of benzene rings is 1. The fourth-order valence-electron chi connectivity index (χ4n) is 5.37. The Morgan fingerprint density at radius 3 is 2.93 bits per heavy atom. The molecule has 0 bridgehead atoms. The first-order valence-electron chi connectivity index (χ1n) is 9.94. The van der Waals surface area contributed by atoms with Gasteiger partial charge >= 0.3 is 0 Å². The predicted molar refractivity (Wildman–Crippen MR) is 116 cm³/mol. The molecule has 6 heteroatoms. The van der Waals surface area contributed by atoms with Gasteiger partial charge in [-0.05, 0) is 54.3 Å². The van der Waals surface area contributed by atoms with Crippen LogP contribution < -0.4 is 10.6 Å². The number of rotatable bonds is 1. The van der Waals surface area contributed by atoms with E-state index >= 15 is 0 Å². The molecule has 2 heterocycles. The summed E-state index contributed by atoms with van der Waals surface area (Å²) in [5.41, 5.74) is 2.95. The molecule has 2 aliphatic heterocycles. The number of fused-ring (bicyclic) bond motifs is 3. The number of thiocarbonyl (C=S) groups is 1. The van der Waals surface area contributed by atoms with Crippen molar-refractivity contribution in [3.8, 4) is 0 Å². The quantitative estimate of drug-likeness (QED) is 0.627. The van der Waals surface area contributed by atoms with Gasteiger partial charge in [0.05, 0.1) is 12.2 Å². The first kappa shape index (κ1) is 18.5. The van der Waals surface area contributed by atoms with E-state index < -0.39 is 5.54 Å². The molecule has 2 fully saturated rings. The van der Waals surface area contributed by atoms with Crippen LogP contribution in [0.5, 0.6) is 0 Å². The summed E-state index contributed by atoms with van der Waals surface area (Å²) in [6.45, 7) is 2.15. The van der Waals surface area contributed by atoms with Gasteiger partial charge in [-0.2, -0.15) is 0 Å². The number of aryl methyl sites for hydroxylation is 1. The number of hydrogen-bond donors (Lipinski definition) is 2. The summed E-state index contributed by atoms with van der Waals surface area (Å²) in [7, 11) is 0.